The molecule has 29 heavy (non-hydrogen) atoms. The molecule has 0 radical (unpaired) electrons. The Bertz CT molecular complexity index is 1200. The number of aromatic nitrogens is 1. The normalized spacial score (nSPS) is 11.4. The second-order valence-corrected chi connectivity index (χ2v) is 7.06. The fourth-order valence-corrected chi connectivity index (χ4v) is 3.32. The molecule has 1 heterocycles. The van der Waals surface area contributed by atoms with Gasteiger partial charge in [-0.25, -0.2) is 4.98 Å². The quantitative estimate of drug-likeness (QED) is 0.362. The summed E-state index contributed by atoms with van der Waals surface area (Å²) in [6, 6.07) is 16.0. The highest BCUT2D eigenvalue weighted by Gasteiger charge is 2.10. The summed E-state index contributed by atoms with van der Waals surface area (Å²) in [5.41, 5.74) is 3.27. The summed E-state index contributed by atoms with van der Waals surface area (Å²) in [5.74, 6) is 1.25. The molecule has 0 bridgehead atoms. The zero-order valence-electron chi connectivity index (χ0n) is 15.4. The van der Waals surface area contributed by atoms with E-state index in [1.54, 1.807) is 24.3 Å². The van der Waals surface area contributed by atoms with Gasteiger partial charge in [0.25, 0.3) is 0 Å². The Kier molecular flexibility index (Phi) is 5.43. The van der Waals surface area contributed by atoms with E-state index in [-0.39, 0.29) is 10.8 Å². The van der Waals surface area contributed by atoms with E-state index in [0.717, 1.165) is 11.3 Å². The number of halogens is 2. The standard InChI is InChI=1S/C22H16Cl2N2O3/c1-2-28-17-6-3-13(4-7-17)22-26-19-11-16(5-8-20(19)29-22)25-12-14-9-15(23)10-18(24)21(14)27/h3-12,27H,2H2,1H3. The van der Waals surface area contributed by atoms with Gasteiger partial charge in [-0.2, -0.15) is 0 Å². The zero-order chi connectivity index (χ0) is 20.4. The summed E-state index contributed by atoms with van der Waals surface area (Å²) >= 11 is 11.9. The monoisotopic (exact) mass is 426 g/mol. The van der Waals surface area contributed by atoms with E-state index in [1.165, 1.54) is 12.3 Å². The van der Waals surface area contributed by atoms with Crippen LogP contribution in [0.3, 0.4) is 0 Å². The first-order chi connectivity index (χ1) is 14.0. The predicted molar refractivity (Wildman–Crippen MR) is 116 cm³/mol. The molecule has 0 aliphatic heterocycles. The highest BCUT2D eigenvalue weighted by atomic mass is 35.5. The second-order valence-electron chi connectivity index (χ2n) is 6.21. The Hall–Kier alpha value is -3.02. The molecular formula is C22H16Cl2N2O3. The molecule has 0 atom stereocenters. The molecule has 0 unspecified atom stereocenters. The van der Waals surface area contributed by atoms with Crippen molar-refractivity contribution < 1.29 is 14.3 Å². The van der Waals surface area contributed by atoms with Gasteiger partial charge in [-0.05, 0) is 61.5 Å². The smallest absolute Gasteiger partial charge is 0.227 e. The van der Waals surface area contributed by atoms with Crippen LogP contribution in [0.1, 0.15) is 12.5 Å². The molecule has 0 amide bonds. The Morgan fingerprint density at radius 3 is 2.66 bits per heavy atom. The first-order valence-electron chi connectivity index (χ1n) is 8.89. The fourth-order valence-electron chi connectivity index (χ4n) is 2.81. The van der Waals surface area contributed by atoms with Crippen molar-refractivity contribution in [3.05, 3.63) is 70.2 Å². The number of phenols is 1. The third kappa shape index (κ3) is 4.21. The highest BCUT2D eigenvalue weighted by molar-refractivity contribution is 6.36. The van der Waals surface area contributed by atoms with Crippen LogP contribution in [0.5, 0.6) is 11.5 Å². The van der Waals surface area contributed by atoms with Crippen molar-refractivity contribution in [2.24, 2.45) is 4.99 Å². The molecule has 0 spiro atoms. The van der Waals surface area contributed by atoms with Crippen LogP contribution in [-0.2, 0) is 0 Å². The van der Waals surface area contributed by atoms with Gasteiger partial charge in [-0.3, -0.25) is 4.99 Å². The predicted octanol–water partition coefficient (Wildman–Crippen LogP) is 6.66. The molecule has 5 nitrogen and oxygen atoms in total. The maximum absolute atomic E-state index is 10.0. The van der Waals surface area contributed by atoms with E-state index >= 15 is 0 Å². The number of aromatic hydroxyl groups is 1. The zero-order valence-corrected chi connectivity index (χ0v) is 16.9. The molecule has 1 N–H and O–H groups in total. The average Bonchev–Trinajstić information content (AvgIpc) is 3.14. The fraction of sp³-hybridized carbons (Fsp3) is 0.0909. The summed E-state index contributed by atoms with van der Waals surface area (Å²) in [4.78, 5) is 8.93. The topological polar surface area (TPSA) is 67.9 Å². The largest absolute Gasteiger partial charge is 0.506 e. The van der Waals surface area contributed by atoms with Crippen LogP contribution in [0.2, 0.25) is 10.0 Å². The summed E-state index contributed by atoms with van der Waals surface area (Å²) in [7, 11) is 0. The van der Waals surface area contributed by atoms with Crippen LogP contribution < -0.4 is 4.74 Å². The van der Waals surface area contributed by atoms with Gasteiger partial charge in [0, 0.05) is 22.4 Å². The molecule has 1 aromatic heterocycles. The minimum Gasteiger partial charge on any atom is -0.506 e. The maximum Gasteiger partial charge on any atom is 0.227 e. The van der Waals surface area contributed by atoms with Crippen molar-refractivity contribution in [3.63, 3.8) is 0 Å². The van der Waals surface area contributed by atoms with Crippen LogP contribution in [0.25, 0.3) is 22.6 Å². The Morgan fingerprint density at radius 2 is 1.90 bits per heavy atom. The van der Waals surface area contributed by atoms with Crippen LogP contribution in [0.15, 0.2) is 64.0 Å². The van der Waals surface area contributed by atoms with Crippen molar-refractivity contribution >= 4 is 46.2 Å². The van der Waals surface area contributed by atoms with Gasteiger partial charge >= 0.3 is 0 Å². The second kappa shape index (κ2) is 8.15. The van der Waals surface area contributed by atoms with Gasteiger partial charge in [0.05, 0.1) is 17.3 Å². The van der Waals surface area contributed by atoms with Gasteiger partial charge in [-0.1, -0.05) is 23.2 Å². The van der Waals surface area contributed by atoms with Crippen LogP contribution in [0.4, 0.5) is 5.69 Å². The molecule has 0 fully saturated rings. The molecule has 3 aromatic carbocycles. The van der Waals surface area contributed by atoms with Gasteiger partial charge in [0.1, 0.15) is 17.0 Å². The molecule has 4 rings (SSSR count). The van der Waals surface area contributed by atoms with Crippen molar-refractivity contribution in [1.82, 2.24) is 4.98 Å². The lowest BCUT2D eigenvalue weighted by atomic mass is 10.2. The maximum atomic E-state index is 10.0. The summed E-state index contributed by atoms with van der Waals surface area (Å²) < 4.78 is 11.3. The molecule has 0 aliphatic carbocycles. The number of oxazole rings is 1. The number of nitrogens with zero attached hydrogens (tertiary/aromatic N) is 2. The van der Waals surface area contributed by atoms with E-state index < -0.39 is 0 Å². The number of rotatable bonds is 5. The third-order valence-corrected chi connectivity index (χ3v) is 4.70. The van der Waals surface area contributed by atoms with E-state index in [1.807, 2.05) is 31.2 Å². The van der Waals surface area contributed by atoms with Gasteiger partial charge in [0.2, 0.25) is 5.89 Å². The minimum atomic E-state index is -0.0693. The lowest BCUT2D eigenvalue weighted by Crippen LogP contribution is -1.90. The number of ether oxygens (including phenoxy) is 1. The molecule has 0 aliphatic rings. The Morgan fingerprint density at radius 1 is 1.10 bits per heavy atom. The van der Waals surface area contributed by atoms with Crippen molar-refractivity contribution in [1.29, 1.82) is 0 Å². The summed E-state index contributed by atoms with van der Waals surface area (Å²) in [5, 5.41) is 10.6. The van der Waals surface area contributed by atoms with Gasteiger partial charge in [0.15, 0.2) is 5.58 Å². The third-order valence-electron chi connectivity index (χ3n) is 4.19. The number of aliphatic imine (C=N–C) groups is 1. The molecule has 146 valence electrons. The van der Waals surface area contributed by atoms with E-state index in [9.17, 15) is 5.11 Å². The lowest BCUT2D eigenvalue weighted by Gasteiger charge is -2.02. The number of hydrogen-bond donors (Lipinski definition) is 1. The molecule has 7 heteroatoms. The van der Waals surface area contributed by atoms with Gasteiger partial charge < -0.3 is 14.3 Å². The van der Waals surface area contributed by atoms with E-state index in [2.05, 4.69) is 9.98 Å². The SMILES string of the molecule is CCOc1ccc(-c2nc3cc(N=Cc4cc(Cl)cc(Cl)c4O)ccc3o2)cc1. The lowest BCUT2D eigenvalue weighted by molar-refractivity contribution is 0.340. The average molecular weight is 427 g/mol. The number of phenolic OH excluding ortho intramolecular Hbond substituents is 1. The Labute approximate surface area is 177 Å². The van der Waals surface area contributed by atoms with Crippen LogP contribution >= 0.6 is 23.2 Å². The minimum absolute atomic E-state index is 0.0693. The number of hydrogen-bond acceptors (Lipinski definition) is 5. The molecule has 0 saturated carbocycles. The van der Waals surface area contributed by atoms with E-state index in [0.29, 0.717) is 39.9 Å². The van der Waals surface area contributed by atoms with Crippen LogP contribution in [-0.4, -0.2) is 22.9 Å². The molecular weight excluding hydrogens is 411 g/mol. The Balaban J connectivity index is 1.62. The van der Waals surface area contributed by atoms with Crippen molar-refractivity contribution in [2.75, 3.05) is 6.61 Å². The summed E-state index contributed by atoms with van der Waals surface area (Å²) in [6.07, 6.45) is 1.50. The summed E-state index contributed by atoms with van der Waals surface area (Å²) in [6.45, 7) is 2.56. The van der Waals surface area contributed by atoms with Gasteiger partial charge in [-0.15, -0.1) is 0 Å². The van der Waals surface area contributed by atoms with E-state index in [4.69, 9.17) is 32.4 Å². The van der Waals surface area contributed by atoms with Crippen molar-refractivity contribution in [3.8, 4) is 23.0 Å². The highest BCUT2D eigenvalue weighted by Crippen LogP contribution is 2.31. The number of fused-ring (bicyclic) bond motifs is 1. The first kappa shape index (κ1) is 19.3. The van der Waals surface area contributed by atoms with Crippen molar-refractivity contribution in [2.45, 2.75) is 6.92 Å². The molecule has 4 aromatic rings. The molecule has 0 saturated heterocycles. The first-order valence-corrected chi connectivity index (χ1v) is 9.65. The number of benzene rings is 3. The van der Waals surface area contributed by atoms with Crippen LogP contribution in [0, 0.1) is 0 Å².